The second-order valence-electron chi connectivity index (χ2n) is 5.60. The van der Waals surface area contributed by atoms with Gasteiger partial charge in [-0.15, -0.1) is 0 Å². The first kappa shape index (κ1) is 16.9. The van der Waals surface area contributed by atoms with E-state index in [1.807, 2.05) is 18.2 Å². The van der Waals surface area contributed by atoms with E-state index in [1.54, 1.807) is 23.1 Å². The number of ether oxygens (including phenoxy) is 2. The first-order valence-electron chi connectivity index (χ1n) is 7.98. The van der Waals surface area contributed by atoms with Crippen LogP contribution in [0.25, 0.3) is 0 Å². The molecule has 0 aliphatic carbocycles. The van der Waals surface area contributed by atoms with Crippen LogP contribution in [-0.4, -0.2) is 42.0 Å². The van der Waals surface area contributed by atoms with E-state index in [-0.39, 0.29) is 17.3 Å². The minimum absolute atomic E-state index is 0.0804. The molecule has 1 aliphatic heterocycles. The van der Waals surface area contributed by atoms with Crippen molar-refractivity contribution < 1.29 is 19.2 Å². The second-order valence-corrected chi connectivity index (χ2v) is 5.60. The van der Waals surface area contributed by atoms with Crippen LogP contribution in [0.4, 0.5) is 5.69 Å². The van der Waals surface area contributed by atoms with Crippen LogP contribution < -0.4 is 4.74 Å². The number of non-ortho nitro benzene ring substituents is 1. The number of nitrogens with zero attached hydrogens (tertiary/aromatic N) is 2. The zero-order valence-corrected chi connectivity index (χ0v) is 13.5. The van der Waals surface area contributed by atoms with E-state index >= 15 is 0 Å². The Morgan fingerprint density at radius 1 is 1.12 bits per heavy atom. The minimum Gasteiger partial charge on any atom is -0.476 e. The summed E-state index contributed by atoms with van der Waals surface area (Å²) in [6.07, 6.45) is -0.860. The van der Waals surface area contributed by atoms with E-state index in [0.717, 1.165) is 0 Å². The average Bonchev–Trinajstić information content (AvgIpc) is 2.67. The Morgan fingerprint density at radius 3 is 2.52 bits per heavy atom. The Balaban J connectivity index is 1.87. The summed E-state index contributed by atoms with van der Waals surface area (Å²) in [5, 5.41) is 11.0. The molecule has 1 fully saturated rings. The fraction of sp³-hybridized carbons (Fsp3) is 0.278. The van der Waals surface area contributed by atoms with Gasteiger partial charge in [0.05, 0.1) is 24.2 Å². The van der Waals surface area contributed by atoms with Gasteiger partial charge in [-0.25, -0.2) is 0 Å². The molecule has 2 aromatic rings. The van der Waals surface area contributed by atoms with E-state index < -0.39 is 11.0 Å². The number of hydrogen-bond donors (Lipinski definition) is 0. The topological polar surface area (TPSA) is 81.9 Å². The van der Waals surface area contributed by atoms with Crippen molar-refractivity contribution >= 4 is 11.6 Å². The molecule has 2 aromatic carbocycles. The van der Waals surface area contributed by atoms with Crippen molar-refractivity contribution in [3.8, 4) is 5.75 Å². The van der Waals surface area contributed by atoms with Crippen LogP contribution in [0, 0.1) is 10.1 Å². The van der Waals surface area contributed by atoms with Crippen molar-refractivity contribution in [2.45, 2.75) is 6.10 Å². The van der Waals surface area contributed by atoms with E-state index in [1.165, 1.54) is 18.2 Å². The number of benzene rings is 2. The lowest BCUT2D eigenvalue weighted by Gasteiger charge is -2.30. The first-order chi connectivity index (χ1) is 12.1. The molecule has 1 saturated heterocycles. The molecule has 0 spiro atoms. The summed E-state index contributed by atoms with van der Waals surface area (Å²) in [4.78, 5) is 25.1. The van der Waals surface area contributed by atoms with E-state index in [0.29, 0.717) is 31.9 Å². The van der Waals surface area contributed by atoms with Crippen LogP contribution in [0.3, 0.4) is 0 Å². The lowest BCUT2D eigenvalue weighted by molar-refractivity contribution is -0.385. The van der Waals surface area contributed by atoms with Crippen molar-refractivity contribution in [1.29, 1.82) is 0 Å². The molecule has 25 heavy (non-hydrogen) atoms. The fourth-order valence-corrected chi connectivity index (χ4v) is 2.64. The van der Waals surface area contributed by atoms with Gasteiger partial charge < -0.3 is 14.4 Å². The van der Waals surface area contributed by atoms with Gasteiger partial charge in [0.2, 0.25) is 6.10 Å². The van der Waals surface area contributed by atoms with E-state index in [4.69, 9.17) is 9.47 Å². The Kier molecular flexibility index (Phi) is 5.25. The molecule has 130 valence electrons. The van der Waals surface area contributed by atoms with E-state index in [9.17, 15) is 14.9 Å². The van der Waals surface area contributed by atoms with Crippen LogP contribution in [0.5, 0.6) is 5.75 Å². The molecule has 0 radical (unpaired) electrons. The van der Waals surface area contributed by atoms with Gasteiger partial charge >= 0.3 is 0 Å². The minimum atomic E-state index is -0.860. The smallest absolute Gasteiger partial charge is 0.273 e. The lowest BCUT2D eigenvalue weighted by Crippen LogP contribution is -2.44. The number of morpholine rings is 1. The normalized spacial score (nSPS) is 15.4. The van der Waals surface area contributed by atoms with Crippen molar-refractivity contribution in [3.63, 3.8) is 0 Å². The van der Waals surface area contributed by atoms with Gasteiger partial charge in [-0.1, -0.05) is 36.4 Å². The summed E-state index contributed by atoms with van der Waals surface area (Å²) in [6.45, 7) is 1.98. The standard InChI is InChI=1S/C18H18N2O5/c21-18(19-9-11-24-12-10-19)17(14-5-2-1-3-6-14)25-16-8-4-7-15(13-16)20(22)23/h1-8,13,17H,9-12H2/t17-/m0/s1. The molecule has 1 amide bonds. The number of rotatable bonds is 5. The SMILES string of the molecule is O=C([C@@H](Oc1cccc([N+](=O)[O-])c1)c1ccccc1)N1CCOCC1. The predicted octanol–water partition coefficient (Wildman–Crippen LogP) is 2.57. The maximum absolute atomic E-state index is 12.9. The van der Waals surface area contributed by atoms with Gasteiger partial charge in [0.25, 0.3) is 11.6 Å². The number of carbonyl (C=O) groups is 1. The van der Waals surface area contributed by atoms with Gasteiger partial charge in [0.15, 0.2) is 0 Å². The molecule has 7 nitrogen and oxygen atoms in total. The number of nitro groups is 1. The number of hydrogen-bond acceptors (Lipinski definition) is 5. The number of nitro benzene ring substituents is 1. The summed E-state index contributed by atoms with van der Waals surface area (Å²) >= 11 is 0. The van der Waals surface area contributed by atoms with Gasteiger partial charge in [-0.2, -0.15) is 0 Å². The highest BCUT2D eigenvalue weighted by Gasteiger charge is 2.29. The van der Waals surface area contributed by atoms with Crippen molar-refractivity contribution in [1.82, 2.24) is 4.90 Å². The largest absolute Gasteiger partial charge is 0.476 e. The zero-order valence-electron chi connectivity index (χ0n) is 13.5. The molecule has 7 heteroatoms. The zero-order chi connectivity index (χ0) is 17.6. The summed E-state index contributed by atoms with van der Waals surface area (Å²) in [6, 6.07) is 15.0. The van der Waals surface area contributed by atoms with E-state index in [2.05, 4.69) is 0 Å². The first-order valence-corrected chi connectivity index (χ1v) is 7.98. The van der Waals surface area contributed by atoms with Crippen LogP contribution in [0.2, 0.25) is 0 Å². The average molecular weight is 342 g/mol. The van der Waals surface area contributed by atoms with Gasteiger partial charge in [-0.3, -0.25) is 14.9 Å². The monoisotopic (exact) mass is 342 g/mol. The van der Waals surface area contributed by atoms with Gasteiger partial charge in [0, 0.05) is 24.7 Å². The van der Waals surface area contributed by atoms with Gasteiger partial charge in [0.1, 0.15) is 5.75 Å². The van der Waals surface area contributed by atoms with Gasteiger partial charge in [-0.05, 0) is 6.07 Å². The summed E-state index contributed by atoms with van der Waals surface area (Å²) in [5.41, 5.74) is 0.619. The third-order valence-corrected chi connectivity index (χ3v) is 3.93. The molecule has 0 aromatic heterocycles. The van der Waals surface area contributed by atoms with Crippen molar-refractivity contribution in [3.05, 3.63) is 70.3 Å². The molecule has 3 rings (SSSR count). The molecule has 0 saturated carbocycles. The summed E-state index contributed by atoms with van der Waals surface area (Å²) in [7, 11) is 0. The lowest BCUT2D eigenvalue weighted by atomic mass is 10.1. The second kappa shape index (κ2) is 7.76. The Hall–Kier alpha value is -2.93. The van der Waals surface area contributed by atoms with Crippen LogP contribution >= 0.6 is 0 Å². The molecule has 1 atom stereocenters. The highest BCUT2D eigenvalue weighted by Crippen LogP contribution is 2.27. The molecule has 1 heterocycles. The third kappa shape index (κ3) is 4.13. The highest BCUT2D eigenvalue weighted by molar-refractivity contribution is 5.82. The Bertz CT molecular complexity index is 744. The fourth-order valence-electron chi connectivity index (χ4n) is 2.64. The molecule has 0 N–H and O–H groups in total. The summed E-state index contributed by atoms with van der Waals surface area (Å²) in [5.74, 6) is 0.102. The molecule has 0 unspecified atom stereocenters. The number of carbonyl (C=O) groups excluding carboxylic acids is 1. The quantitative estimate of drug-likeness (QED) is 0.616. The molecule has 1 aliphatic rings. The molecular weight excluding hydrogens is 324 g/mol. The maximum atomic E-state index is 12.9. The van der Waals surface area contributed by atoms with Crippen LogP contribution in [0.1, 0.15) is 11.7 Å². The maximum Gasteiger partial charge on any atom is 0.273 e. The Labute approximate surface area is 144 Å². The van der Waals surface area contributed by atoms with Crippen LogP contribution in [-0.2, 0) is 9.53 Å². The van der Waals surface area contributed by atoms with Crippen LogP contribution in [0.15, 0.2) is 54.6 Å². The molecule has 0 bridgehead atoms. The summed E-state index contributed by atoms with van der Waals surface area (Å²) < 4.78 is 11.2. The number of amides is 1. The predicted molar refractivity (Wildman–Crippen MR) is 90.3 cm³/mol. The highest BCUT2D eigenvalue weighted by atomic mass is 16.6. The van der Waals surface area contributed by atoms with Crippen molar-refractivity contribution in [2.75, 3.05) is 26.3 Å². The van der Waals surface area contributed by atoms with Crippen molar-refractivity contribution in [2.24, 2.45) is 0 Å². The Morgan fingerprint density at radius 2 is 1.84 bits per heavy atom. The third-order valence-electron chi connectivity index (χ3n) is 3.93. The molecular formula is C18H18N2O5.